The van der Waals surface area contributed by atoms with Crippen LogP contribution in [0.15, 0.2) is 46.3 Å². The average molecular weight is 308 g/mol. The highest BCUT2D eigenvalue weighted by Crippen LogP contribution is 2.32. The monoisotopic (exact) mass is 308 g/mol. The molecule has 1 heterocycles. The summed E-state index contributed by atoms with van der Waals surface area (Å²) < 4.78 is 10.9. The van der Waals surface area contributed by atoms with E-state index in [-0.39, 0.29) is 16.6 Å². The van der Waals surface area contributed by atoms with E-state index in [0.717, 1.165) is 12.0 Å². The van der Waals surface area contributed by atoms with Gasteiger partial charge in [0, 0.05) is 6.08 Å². The van der Waals surface area contributed by atoms with Crippen LogP contribution in [0.4, 0.5) is 0 Å². The highest BCUT2D eigenvalue weighted by atomic mass is 16.5. The van der Waals surface area contributed by atoms with Crippen LogP contribution in [0.1, 0.15) is 18.1 Å². The minimum absolute atomic E-state index is 0.124. The molecule has 0 saturated heterocycles. The van der Waals surface area contributed by atoms with Gasteiger partial charge in [-0.15, -0.1) is 0 Å². The summed E-state index contributed by atoms with van der Waals surface area (Å²) in [6, 6.07) is 3.73. The summed E-state index contributed by atoms with van der Waals surface area (Å²) in [6.07, 6.45) is 8.46. The number of carbonyl (C=O) groups excluding carboxylic acids is 1. The molecule has 1 aromatic carbocycles. The maximum absolute atomic E-state index is 12.8. The van der Waals surface area contributed by atoms with Crippen molar-refractivity contribution in [3.63, 3.8) is 0 Å². The van der Waals surface area contributed by atoms with Crippen molar-refractivity contribution in [1.82, 2.24) is 0 Å². The summed E-state index contributed by atoms with van der Waals surface area (Å²) in [7, 11) is 0. The minimum Gasteiger partial charge on any atom is -0.497 e. The molecule has 0 N–H and O–H groups in total. The number of rotatable bonds is 5. The zero-order chi connectivity index (χ0) is 16.4. The second-order valence-corrected chi connectivity index (χ2v) is 5.33. The Bertz CT molecular complexity index is 1010. The highest BCUT2D eigenvalue weighted by molar-refractivity contribution is 6.03. The van der Waals surface area contributed by atoms with Gasteiger partial charge in [-0.1, -0.05) is 18.7 Å². The second-order valence-electron chi connectivity index (χ2n) is 5.33. The van der Waals surface area contributed by atoms with Crippen LogP contribution in [0, 0.1) is 0 Å². The van der Waals surface area contributed by atoms with E-state index in [1.165, 1.54) is 24.8 Å². The van der Waals surface area contributed by atoms with Crippen LogP contribution in [-0.4, -0.2) is 12.4 Å². The third-order valence-corrected chi connectivity index (χ3v) is 3.56. The molecule has 0 spiro atoms. The zero-order valence-corrected chi connectivity index (χ0v) is 12.8. The summed E-state index contributed by atoms with van der Waals surface area (Å²) in [5.74, 6) is -0.180. The van der Waals surface area contributed by atoms with Crippen LogP contribution in [0.5, 0.6) is 0 Å². The van der Waals surface area contributed by atoms with Crippen molar-refractivity contribution in [2.45, 2.75) is 13.3 Å². The fraction of sp³-hybridized carbons (Fsp3) is 0.158. The number of allylic oxidation sites excluding steroid dienone is 1. The van der Waals surface area contributed by atoms with E-state index in [4.69, 9.17) is 9.15 Å². The smallest absolute Gasteiger partial charge is 0.200 e. The van der Waals surface area contributed by atoms with E-state index in [0.29, 0.717) is 22.8 Å². The maximum Gasteiger partial charge on any atom is 0.200 e. The van der Waals surface area contributed by atoms with Crippen molar-refractivity contribution >= 4 is 28.9 Å². The van der Waals surface area contributed by atoms with Crippen LogP contribution in [0.25, 0.3) is 23.1 Å². The Hall–Kier alpha value is -2.88. The minimum atomic E-state index is -0.180. The Morgan fingerprint density at radius 1 is 1.43 bits per heavy atom. The molecule has 1 aliphatic rings. The van der Waals surface area contributed by atoms with Gasteiger partial charge < -0.3 is 9.15 Å². The molecule has 3 rings (SSSR count). The van der Waals surface area contributed by atoms with Gasteiger partial charge in [-0.2, -0.15) is 0 Å². The number of hydrogen-bond acceptors (Lipinski definition) is 4. The van der Waals surface area contributed by atoms with Crippen molar-refractivity contribution in [2.24, 2.45) is 0 Å². The van der Waals surface area contributed by atoms with Crippen molar-refractivity contribution in [2.75, 3.05) is 6.61 Å². The van der Waals surface area contributed by atoms with E-state index in [1.807, 2.05) is 6.07 Å². The lowest BCUT2D eigenvalue weighted by atomic mass is 10.2. The van der Waals surface area contributed by atoms with Crippen LogP contribution in [0.2, 0.25) is 0 Å². The number of benzene rings is 1. The van der Waals surface area contributed by atoms with E-state index in [2.05, 4.69) is 6.58 Å². The number of ether oxygens (including phenoxy) is 1. The van der Waals surface area contributed by atoms with E-state index < -0.39 is 0 Å². The van der Waals surface area contributed by atoms with Gasteiger partial charge in [-0.25, -0.2) is 0 Å². The predicted octanol–water partition coefficient (Wildman–Crippen LogP) is 1.56. The van der Waals surface area contributed by atoms with Gasteiger partial charge in [0.05, 0.1) is 16.9 Å². The lowest BCUT2D eigenvalue weighted by Gasteiger charge is -1.97. The first-order valence-electron chi connectivity index (χ1n) is 7.31. The number of hydrogen-bond donors (Lipinski definition) is 0. The molecule has 116 valence electrons. The average Bonchev–Trinajstić information content (AvgIpc) is 3.28. The Labute approximate surface area is 132 Å². The summed E-state index contributed by atoms with van der Waals surface area (Å²) >= 11 is 0. The molecular formula is C19H16O4. The Kier molecular flexibility index (Phi) is 3.98. The van der Waals surface area contributed by atoms with E-state index in [9.17, 15) is 9.59 Å². The molecule has 2 aromatic rings. The predicted molar refractivity (Wildman–Crippen MR) is 89.4 cm³/mol. The fourth-order valence-corrected chi connectivity index (χ4v) is 2.48. The van der Waals surface area contributed by atoms with Crippen molar-refractivity contribution < 1.29 is 13.9 Å². The summed E-state index contributed by atoms with van der Waals surface area (Å²) in [5, 5.41) is 0.960. The lowest BCUT2D eigenvalue weighted by molar-refractivity contribution is -0.111. The van der Waals surface area contributed by atoms with Crippen LogP contribution in [-0.2, 0) is 16.0 Å². The quantitative estimate of drug-likeness (QED) is 0.408. The molecule has 23 heavy (non-hydrogen) atoms. The number of ketones is 1. The Balaban J connectivity index is 2.24. The fourth-order valence-electron chi connectivity index (χ4n) is 2.48. The largest absolute Gasteiger partial charge is 0.497 e. The third kappa shape index (κ3) is 3.01. The molecule has 0 atom stereocenters. The van der Waals surface area contributed by atoms with Crippen LogP contribution in [0.3, 0.4) is 0 Å². The first-order valence-corrected chi connectivity index (χ1v) is 7.31. The molecule has 4 heteroatoms. The van der Waals surface area contributed by atoms with Gasteiger partial charge in [-0.3, -0.25) is 9.59 Å². The summed E-state index contributed by atoms with van der Waals surface area (Å²) in [6.45, 7) is 5.36. The van der Waals surface area contributed by atoms with Crippen LogP contribution < -0.4 is 16.1 Å². The van der Waals surface area contributed by atoms with Gasteiger partial charge in [-0.05, 0) is 42.7 Å². The SMILES string of the molecule is C=CCO\C=C/C=c1/c(=O)c2c3c(ccc2o/c1=C\C(C)=O)C3. The van der Waals surface area contributed by atoms with Gasteiger partial charge in [0.1, 0.15) is 17.6 Å². The number of Topliss-reactive ketones (excluding diaryl/α,β-unsaturated/α-hetero) is 1. The molecule has 0 amide bonds. The molecule has 0 bridgehead atoms. The van der Waals surface area contributed by atoms with Gasteiger partial charge in [0.15, 0.2) is 5.78 Å². The first kappa shape index (κ1) is 15.0. The molecule has 1 aliphatic carbocycles. The number of fused-ring (bicyclic) bond motifs is 3. The van der Waals surface area contributed by atoms with E-state index in [1.54, 1.807) is 24.3 Å². The third-order valence-electron chi connectivity index (χ3n) is 3.56. The molecule has 0 saturated carbocycles. The molecular weight excluding hydrogens is 292 g/mol. The topological polar surface area (TPSA) is 56.5 Å². The molecule has 1 aromatic heterocycles. The Morgan fingerprint density at radius 3 is 3.00 bits per heavy atom. The van der Waals surface area contributed by atoms with Crippen molar-refractivity contribution in [3.8, 4) is 0 Å². The molecule has 4 nitrogen and oxygen atoms in total. The number of carbonyl (C=O) groups is 1. The van der Waals surface area contributed by atoms with Gasteiger partial charge in [0.2, 0.25) is 5.43 Å². The normalized spacial score (nSPS) is 14.3. The van der Waals surface area contributed by atoms with Crippen LogP contribution >= 0.6 is 0 Å². The second kappa shape index (κ2) is 6.08. The summed E-state index contributed by atoms with van der Waals surface area (Å²) in [5.41, 5.74) is 2.87. The first-order chi connectivity index (χ1) is 11.1. The van der Waals surface area contributed by atoms with Gasteiger partial charge in [0.25, 0.3) is 0 Å². The zero-order valence-electron chi connectivity index (χ0n) is 12.8. The molecule has 0 aliphatic heterocycles. The molecule has 0 unspecified atom stereocenters. The van der Waals surface area contributed by atoms with Crippen molar-refractivity contribution in [1.29, 1.82) is 0 Å². The van der Waals surface area contributed by atoms with Crippen molar-refractivity contribution in [3.05, 3.63) is 69.1 Å². The summed E-state index contributed by atoms with van der Waals surface area (Å²) in [4.78, 5) is 24.2. The van der Waals surface area contributed by atoms with Gasteiger partial charge >= 0.3 is 0 Å². The van der Waals surface area contributed by atoms with E-state index >= 15 is 0 Å². The molecule has 0 radical (unpaired) electrons. The highest BCUT2D eigenvalue weighted by Gasteiger charge is 2.23. The standard InChI is InChI=1S/C19H16O4/c1-3-8-22-9-4-5-14-17(10-12(2)20)23-16-7-6-13-11-15(13)18(16)19(14)21/h3-7,9-10H,1,8,11H2,2H3/b9-4-,14-5+,17-10-. The lowest BCUT2D eigenvalue weighted by Crippen LogP contribution is -2.39. The maximum atomic E-state index is 12.8. The molecule has 0 fully saturated rings. The Morgan fingerprint density at radius 2 is 2.26 bits per heavy atom.